The fourth-order valence-corrected chi connectivity index (χ4v) is 2.30. The van der Waals surface area contributed by atoms with E-state index in [1.54, 1.807) is 0 Å². The second-order valence-electron chi connectivity index (χ2n) is 4.31. The van der Waals surface area contributed by atoms with Gasteiger partial charge in [0.25, 0.3) is 0 Å². The van der Waals surface area contributed by atoms with Crippen molar-refractivity contribution < 1.29 is 5.11 Å². The Morgan fingerprint density at radius 3 is 2.54 bits per heavy atom. The summed E-state index contributed by atoms with van der Waals surface area (Å²) >= 11 is 0. The second-order valence-corrected chi connectivity index (χ2v) is 4.31. The van der Waals surface area contributed by atoms with E-state index in [1.165, 1.54) is 5.57 Å². The van der Waals surface area contributed by atoms with Gasteiger partial charge in [0.1, 0.15) is 0 Å². The molecule has 1 saturated carbocycles. The van der Waals surface area contributed by atoms with Crippen LogP contribution in [0.2, 0.25) is 0 Å². The van der Waals surface area contributed by atoms with Crippen LogP contribution in [0.1, 0.15) is 26.7 Å². The lowest BCUT2D eigenvalue weighted by molar-refractivity contribution is 0.0238. The standard InChI is InChI=1S/C12H20O/c1-5-10-11(8(2)3)7-6-9(4)12(10)13/h5,9-13H,1-2,6-7H2,3-4H3/t9-,10+,11+,12-/m1/s1. The number of hydrogen-bond acceptors (Lipinski definition) is 1. The first-order valence-electron chi connectivity index (χ1n) is 5.04. The monoisotopic (exact) mass is 180 g/mol. The fourth-order valence-electron chi connectivity index (χ4n) is 2.30. The molecule has 0 aliphatic heterocycles. The molecule has 4 atom stereocenters. The van der Waals surface area contributed by atoms with Gasteiger partial charge in [0.05, 0.1) is 6.10 Å². The normalized spacial score (nSPS) is 39.9. The van der Waals surface area contributed by atoms with Gasteiger partial charge in [-0.05, 0) is 31.6 Å². The molecule has 1 rings (SSSR count). The van der Waals surface area contributed by atoms with Crippen LogP contribution in [0.3, 0.4) is 0 Å². The molecule has 0 radical (unpaired) electrons. The van der Waals surface area contributed by atoms with Crippen LogP contribution in [0.4, 0.5) is 0 Å². The Kier molecular flexibility index (Phi) is 3.32. The van der Waals surface area contributed by atoms with Crippen LogP contribution >= 0.6 is 0 Å². The van der Waals surface area contributed by atoms with Gasteiger partial charge in [-0.25, -0.2) is 0 Å². The molecule has 0 amide bonds. The minimum atomic E-state index is -0.229. The molecule has 0 aromatic rings. The van der Waals surface area contributed by atoms with Gasteiger partial charge < -0.3 is 5.11 Å². The maximum Gasteiger partial charge on any atom is 0.0633 e. The lowest BCUT2D eigenvalue weighted by atomic mass is 9.70. The number of rotatable bonds is 2. The topological polar surface area (TPSA) is 20.2 Å². The van der Waals surface area contributed by atoms with E-state index in [1.807, 2.05) is 13.0 Å². The summed E-state index contributed by atoms with van der Waals surface area (Å²) in [7, 11) is 0. The van der Waals surface area contributed by atoms with Gasteiger partial charge in [-0.1, -0.05) is 25.2 Å². The van der Waals surface area contributed by atoms with Gasteiger partial charge >= 0.3 is 0 Å². The van der Waals surface area contributed by atoms with E-state index >= 15 is 0 Å². The summed E-state index contributed by atoms with van der Waals surface area (Å²) in [6.07, 6.45) is 3.90. The Morgan fingerprint density at radius 2 is 2.08 bits per heavy atom. The number of hydrogen-bond donors (Lipinski definition) is 1. The van der Waals surface area contributed by atoms with Crippen molar-refractivity contribution in [2.45, 2.75) is 32.8 Å². The number of aliphatic hydroxyl groups excluding tert-OH is 1. The first kappa shape index (κ1) is 10.5. The molecular weight excluding hydrogens is 160 g/mol. The summed E-state index contributed by atoms with van der Waals surface area (Å²) < 4.78 is 0. The van der Waals surface area contributed by atoms with Crippen molar-refractivity contribution in [3.05, 3.63) is 24.8 Å². The Labute approximate surface area is 81.2 Å². The molecule has 0 saturated heterocycles. The van der Waals surface area contributed by atoms with Crippen LogP contribution < -0.4 is 0 Å². The molecule has 1 N–H and O–H groups in total. The molecule has 0 aromatic heterocycles. The van der Waals surface area contributed by atoms with Gasteiger partial charge in [0, 0.05) is 5.92 Å². The lowest BCUT2D eigenvalue weighted by Gasteiger charge is -2.38. The van der Waals surface area contributed by atoms with Crippen LogP contribution in [-0.2, 0) is 0 Å². The smallest absolute Gasteiger partial charge is 0.0633 e. The molecule has 1 aliphatic carbocycles. The van der Waals surface area contributed by atoms with Crippen molar-refractivity contribution in [2.75, 3.05) is 0 Å². The summed E-state index contributed by atoms with van der Waals surface area (Å²) in [5, 5.41) is 9.94. The maximum atomic E-state index is 9.94. The number of aliphatic hydroxyl groups is 1. The average molecular weight is 180 g/mol. The number of allylic oxidation sites excluding steroid dienone is 1. The van der Waals surface area contributed by atoms with Gasteiger partial charge in [0.15, 0.2) is 0 Å². The van der Waals surface area contributed by atoms with Crippen molar-refractivity contribution in [1.29, 1.82) is 0 Å². The van der Waals surface area contributed by atoms with Crippen molar-refractivity contribution in [3.8, 4) is 0 Å². The summed E-state index contributed by atoms with van der Waals surface area (Å²) in [6, 6.07) is 0. The van der Waals surface area contributed by atoms with Crippen LogP contribution in [0.5, 0.6) is 0 Å². The fraction of sp³-hybridized carbons (Fsp3) is 0.667. The van der Waals surface area contributed by atoms with Gasteiger partial charge in [-0.2, -0.15) is 0 Å². The molecule has 0 bridgehead atoms. The molecular formula is C12H20O. The highest BCUT2D eigenvalue weighted by molar-refractivity contribution is 5.08. The third-order valence-corrected chi connectivity index (χ3v) is 3.28. The highest BCUT2D eigenvalue weighted by Gasteiger charge is 2.34. The Morgan fingerprint density at radius 1 is 1.46 bits per heavy atom. The summed E-state index contributed by atoms with van der Waals surface area (Å²) in [6.45, 7) is 11.9. The Bertz CT molecular complexity index is 207. The van der Waals surface area contributed by atoms with E-state index in [9.17, 15) is 5.11 Å². The molecule has 1 nitrogen and oxygen atoms in total. The predicted octanol–water partition coefficient (Wildman–Crippen LogP) is 2.77. The molecule has 1 aliphatic rings. The summed E-state index contributed by atoms with van der Waals surface area (Å²) in [4.78, 5) is 0. The summed E-state index contributed by atoms with van der Waals surface area (Å²) in [5.41, 5.74) is 1.18. The zero-order chi connectivity index (χ0) is 10.0. The lowest BCUT2D eigenvalue weighted by Crippen LogP contribution is -2.37. The van der Waals surface area contributed by atoms with Crippen LogP contribution in [0.15, 0.2) is 24.8 Å². The molecule has 0 heterocycles. The van der Waals surface area contributed by atoms with Gasteiger partial charge in [0.2, 0.25) is 0 Å². The predicted molar refractivity (Wildman–Crippen MR) is 56.4 cm³/mol. The van der Waals surface area contributed by atoms with E-state index in [-0.39, 0.29) is 12.0 Å². The van der Waals surface area contributed by atoms with Crippen molar-refractivity contribution >= 4 is 0 Å². The zero-order valence-electron chi connectivity index (χ0n) is 8.66. The van der Waals surface area contributed by atoms with Crippen LogP contribution in [0.25, 0.3) is 0 Å². The van der Waals surface area contributed by atoms with Crippen molar-refractivity contribution in [2.24, 2.45) is 17.8 Å². The molecule has 0 spiro atoms. The highest BCUT2D eigenvalue weighted by atomic mass is 16.3. The first-order chi connectivity index (χ1) is 6.07. The van der Waals surface area contributed by atoms with E-state index in [0.717, 1.165) is 12.8 Å². The van der Waals surface area contributed by atoms with Crippen LogP contribution in [0, 0.1) is 17.8 Å². The second kappa shape index (κ2) is 4.10. The van der Waals surface area contributed by atoms with E-state index < -0.39 is 0 Å². The SMILES string of the molecule is C=C[C@@H]1[C@H](O)[C@H](C)CC[C@H]1C(=C)C. The van der Waals surface area contributed by atoms with Gasteiger partial charge in [-0.3, -0.25) is 0 Å². The quantitative estimate of drug-likeness (QED) is 0.648. The van der Waals surface area contributed by atoms with Crippen molar-refractivity contribution in [3.63, 3.8) is 0 Å². The molecule has 1 heteroatoms. The first-order valence-corrected chi connectivity index (χ1v) is 5.04. The van der Waals surface area contributed by atoms with Crippen molar-refractivity contribution in [1.82, 2.24) is 0 Å². The zero-order valence-corrected chi connectivity index (χ0v) is 8.66. The third-order valence-electron chi connectivity index (χ3n) is 3.28. The van der Waals surface area contributed by atoms with E-state index in [2.05, 4.69) is 20.1 Å². The minimum absolute atomic E-state index is 0.209. The molecule has 13 heavy (non-hydrogen) atoms. The Hall–Kier alpha value is -0.560. The highest BCUT2D eigenvalue weighted by Crippen LogP contribution is 2.37. The largest absolute Gasteiger partial charge is 0.392 e. The van der Waals surface area contributed by atoms with E-state index in [4.69, 9.17) is 0 Å². The minimum Gasteiger partial charge on any atom is -0.392 e. The summed E-state index contributed by atoms with van der Waals surface area (Å²) in [5.74, 6) is 1.04. The van der Waals surface area contributed by atoms with Gasteiger partial charge in [-0.15, -0.1) is 6.58 Å². The van der Waals surface area contributed by atoms with Crippen LogP contribution in [-0.4, -0.2) is 11.2 Å². The third kappa shape index (κ3) is 2.02. The molecule has 1 fully saturated rings. The average Bonchev–Trinajstić information content (AvgIpc) is 2.09. The Balaban J connectivity index is 2.77. The van der Waals surface area contributed by atoms with E-state index in [0.29, 0.717) is 11.8 Å². The molecule has 0 aromatic carbocycles. The molecule has 74 valence electrons. The maximum absolute atomic E-state index is 9.94. The molecule has 0 unspecified atom stereocenters.